The van der Waals surface area contributed by atoms with Crippen LogP contribution in [0.1, 0.15) is 34.7 Å². The lowest BCUT2D eigenvalue weighted by atomic mass is 9.97. The van der Waals surface area contributed by atoms with E-state index >= 15 is 0 Å². The summed E-state index contributed by atoms with van der Waals surface area (Å²) in [5.41, 5.74) is 5.62. The van der Waals surface area contributed by atoms with Crippen molar-refractivity contribution in [3.63, 3.8) is 0 Å². The summed E-state index contributed by atoms with van der Waals surface area (Å²) < 4.78 is 7.62. The second kappa shape index (κ2) is 8.76. The molecule has 0 radical (unpaired) electrons. The zero-order chi connectivity index (χ0) is 21.3. The predicted molar refractivity (Wildman–Crippen MR) is 124 cm³/mol. The number of nitrogens with one attached hydrogen (secondary N) is 1. The molecule has 5 nitrogen and oxygen atoms in total. The van der Waals surface area contributed by atoms with Gasteiger partial charge < -0.3 is 19.5 Å². The number of pyridine rings is 1. The predicted octanol–water partition coefficient (Wildman–Crippen LogP) is 4.76. The Balaban J connectivity index is 1.81. The van der Waals surface area contributed by atoms with Crippen LogP contribution in [0.15, 0.2) is 54.7 Å². The van der Waals surface area contributed by atoms with E-state index in [9.17, 15) is 0 Å². The fourth-order valence-corrected chi connectivity index (χ4v) is 4.71. The van der Waals surface area contributed by atoms with E-state index in [0.29, 0.717) is 13.2 Å². The third kappa shape index (κ3) is 3.83. The highest BCUT2D eigenvalue weighted by molar-refractivity contribution is 7.80. The Hall–Kier alpha value is -2.41. The number of aryl methyl sites for hydroxylation is 1. The van der Waals surface area contributed by atoms with Gasteiger partial charge in [0.15, 0.2) is 5.11 Å². The minimum atomic E-state index is -0.0327. The maximum absolute atomic E-state index is 6.10. The number of nitrogens with zero attached hydrogens (tertiary/aromatic N) is 3. The summed E-state index contributed by atoms with van der Waals surface area (Å²) in [5, 5.41) is 4.95. The Bertz CT molecular complexity index is 1040. The standard InChI is InChI=1S/C23H25ClN4OS/c1-15-14-19(16(2)28(15)18-9-7-17(24)8-10-18)22-21(20-6-4-5-11-25-20)26-23(30)27(22)12-13-29-3/h4-11,14,21-22H,12-13H2,1-3H3,(H,26,30). The zero-order valence-electron chi connectivity index (χ0n) is 17.3. The van der Waals surface area contributed by atoms with Crippen molar-refractivity contribution in [3.05, 3.63) is 82.4 Å². The number of halogens is 1. The topological polar surface area (TPSA) is 42.3 Å². The molecule has 0 aliphatic carbocycles. The largest absolute Gasteiger partial charge is 0.383 e. The van der Waals surface area contributed by atoms with Gasteiger partial charge >= 0.3 is 0 Å². The highest BCUT2D eigenvalue weighted by Crippen LogP contribution is 2.41. The van der Waals surface area contributed by atoms with Crippen LogP contribution in [-0.2, 0) is 4.74 Å². The first-order valence-corrected chi connectivity index (χ1v) is 10.7. The number of hydrogen-bond donors (Lipinski definition) is 1. The summed E-state index contributed by atoms with van der Waals surface area (Å²) >= 11 is 11.8. The Kier molecular flexibility index (Phi) is 6.09. The van der Waals surface area contributed by atoms with Crippen molar-refractivity contribution in [3.8, 4) is 5.69 Å². The molecule has 1 aromatic carbocycles. The van der Waals surface area contributed by atoms with Gasteiger partial charge in [0.25, 0.3) is 0 Å². The van der Waals surface area contributed by atoms with Gasteiger partial charge in [-0.05, 0) is 74.1 Å². The molecule has 0 saturated carbocycles. The summed E-state index contributed by atoms with van der Waals surface area (Å²) in [6.45, 7) is 5.59. The number of ether oxygens (including phenoxy) is 1. The number of methoxy groups -OCH3 is 1. The quantitative estimate of drug-likeness (QED) is 0.559. The van der Waals surface area contributed by atoms with Gasteiger partial charge in [0.05, 0.1) is 24.4 Å². The minimum absolute atomic E-state index is 0.0230. The molecule has 1 N–H and O–H groups in total. The van der Waals surface area contributed by atoms with Gasteiger partial charge in [-0.25, -0.2) is 0 Å². The van der Waals surface area contributed by atoms with Gasteiger partial charge in [-0.2, -0.15) is 0 Å². The second-order valence-corrected chi connectivity index (χ2v) is 8.27. The van der Waals surface area contributed by atoms with Gasteiger partial charge in [-0.3, -0.25) is 4.98 Å². The van der Waals surface area contributed by atoms with Crippen molar-refractivity contribution in [1.29, 1.82) is 0 Å². The number of aromatic nitrogens is 2. The van der Waals surface area contributed by atoms with E-state index < -0.39 is 0 Å². The van der Waals surface area contributed by atoms with Crippen molar-refractivity contribution in [2.75, 3.05) is 20.3 Å². The Morgan fingerprint density at radius 2 is 1.93 bits per heavy atom. The summed E-state index contributed by atoms with van der Waals surface area (Å²) in [6, 6.07) is 16.2. The highest BCUT2D eigenvalue weighted by Gasteiger charge is 2.41. The van der Waals surface area contributed by atoms with E-state index in [-0.39, 0.29) is 12.1 Å². The molecule has 0 amide bonds. The van der Waals surface area contributed by atoms with E-state index in [1.54, 1.807) is 7.11 Å². The molecule has 1 saturated heterocycles. The van der Waals surface area contributed by atoms with Crippen LogP contribution in [-0.4, -0.2) is 39.8 Å². The van der Waals surface area contributed by atoms with Gasteiger partial charge in [0, 0.05) is 41.9 Å². The third-order valence-electron chi connectivity index (χ3n) is 5.61. The van der Waals surface area contributed by atoms with Crippen molar-refractivity contribution < 1.29 is 4.74 Å². The molecule has 1 aliphatic heterocycles. The molecular formula is C23H25ClN4OS. The van der Waals surface area contributed by atoms with E-state index in [1.165, 1.54) is 11.3 Å². The van der Waals surface area contributed by atoms with Crippen LogP contribution in [0.25, 0.3) is 5.69 Å². The van der Waals surface area contributed by atoms with Crippen molar-refractivity contribution >= 4 is 28.9 Å². The maximum atomic E-state index is 6.10. The van der Waals surface area contributed by atoms with Gasteiger partial charge in [-0.1, -0.05) is 17.7 Å². The van der Waals surface area contributed by atoms with Crippen LogP contribution in [0, 0.1) is 13.8 Å². The lowest BCUT2D eigenvalue weighted by Crippen LogP contribution is -2.32. The molecular weight excluding hydrogens is 416 g/mol. The van der Waals surface area contributed by atoms with Gasteiger partial charge in [-0.15, -0.1) is 0 Å². The fourth-order valence-electron chi connectivity index (χ4n) is 4.25. The highest BCUT2D eigenvalue weighted by atomic mass is 35.5. The molecule has 30 heavy (non-hydrogen) atoms. The molecule has 3 aromatic rings. The Morgan fingerprint density at radius 3 is 2.60 bits per heavy atom. The monoisotopic (exact) mass is 440 g/mol. The lowest BCUT2D eigenvalue weighted by molar-refractivity contribution is 0.164. The molecule has 4 rings (SSSR count). The first-order valence-electron chi connectivity index (χ1n) is 9.93. The molecule has 2 atom stereocenters. The SMILES string of the molecule is COCCN1C(=S)NC(c2ccccn2)C1c1cc(C)n(-c2ccc(Cl)cc2)c1C. The maximum Gasteiger partial charge on any atom is 0.170 e. The molecule has 2 unspecified atom stereocenters. The van der Waals surface area contributed by atoms with Crippen LogP contribution in [0.3, 0.4) is 0 Å². The van der Waals surface area contributed by atoms with Crippen LogP contribution >= 0.6 is 23.8 Å². The van der Waals surface area contributed by atoms with Crippen molar-refractivity contribution in [2.24, 2.45) is 0 Å². The summed E-state index contributed by atoms with van der Waals surface area (Å²) in [7, 11) is 1.71. The molecule has 7 heteroatoms. The third-order valence-corrected chi connectivity index (χ3v) is 6.21. The normalized spacial score (nSPS) is 18.7. The first kappa shape index (κ1) is 20.8. The lowest BCUT2D eigenvalue weighted by Gasteiger charge is -2.28. The minimum Gasteiger partial charge on any atom is -0.383 e. The van der Waals surface area contributed by atoms with Gasteiger partial charge in [0.1, 0.15) is 0 Å². The van der Waals surface area contributed by atoms with Crippen LogP contribution < -0.4 is 5.32 Å². The van der Waals surface area contributed by atoms with E-state index in [1.807, 2.05) is 48.7 Å². The number of hydrogen-bond acceptors (Lipinski definition) is 3. The van der Waals surface area contributed by atoms with Crippen LogP contribution in [0.2, 0.25) is 5.02 Å². The van der Waals surface area contributed by atoms with E-state index in [0.717, 1.165) is 27.2 Å². The second-order valence-electron chi connectivity index (χ2n) is 7.45. The fraction of sp³-hybridized carbons (Fsp3) is 0.304. The summed E-state index contributed by atoms with van der Waals surface area (Å²) in [6.07, 6.45) is 1.83. The van der Waals surface area contributed by atoms with Gasteiger partial charge in [0.2, 0.25) is 0 Å². The van der Waals surface area contributed by atoms with Crippen molar-refractivity contribution in [1.82, 2.24) is 19.8 Å². The smallest absolute Gasteiger partial charge is 0.170 e. The van der Waals surface area contributed by atoms with Crippen LogP contribution in [0.5, 0.6) is 0 Å². The molecule has 156 valence electrons. The molecule has 1 fully saturated rings. The molecule has 1 aliphatic rings. The average molecular weight is 441 g/mol. The molecule has 3 heterocycles. The molecule has 0 bridgehead atoms. The Labute approximate surface area is 187 Å². The number of benzene rings is 1. The first-order chi connectivity index (χ1) is 14.5. The molecule has 0 spiro atoms. The zero-order valence-corrected chi connectivity index (χ0v) is 18.9. The van der Waals surface area contributed by atoms with E-state index in [4.69, 9.17) is 28.6 Å². The van der Waals surface area contributed by atoms with Crippen LogP contribution in [0.4, 0.5) is 0 Å². The van der Waals surface area contributed by atoms with E-state index in [2.05, 4.69) is 39.7 Å². The van der Waals surface area contributed by atoms with Crippen molar-refractivity contribution in [2.45, 2.75) is 25.9 Å². The number of thiocarbonyl (C=S) groups is 1. The Morgan fingerprint density at radius 1 is 1.17 bits per heavy atom. The number of rotatable bonds is 6. The summed E-state index contributed by atoms with van der Waals surface area (Å²) in [4.78, 5) is 6.83. The average Bonchev–Trinajstić information content (AvgIpc) is 3.23. The molecule has 2 aromatic heterocycles. The summed E-state index contributed by atoms with van der Waals surface area (Å²) in [5.74, 6) is 0.